The smallest absolute Gasteiger partial charge is 0.325 e. The van der Waals surface area contributed by atoms with Crippen LogP contribution in [0.1, 0.15) is 32.1 Å². The van der Waals surface area contributed by atoms with E-state index in [2.05, 4.69) is 10.1 Å². The molecule has 0 aromatic heterocycles. The van der Waals surface area contributed by atoms with Crippen LogP contribution in [0, 0.1) is 0 Å². The molecule has 1 aliphatic heterocycles. The first-order valence-corrected chi connectivity index (χ1v) is 6.48. The number of ether oxygens (including phenoxy) is 1. The molecule has 19 heavy (non-hydrogen) atoms. The van der Waals surface area contributed by atoms with E-state index in [0.29, 0.717) is 12.8 Å². The molecule has 0 aromatic carbocycles. The SMILES string of the molecule is COC(=O)C(N)CN1C(=O)NC2(CCCCC2)C1=O. The average molecular weight is 269 g/mol. The number of urea groups is 1. The van der Waals surface area contributed by atoms with Gasteiger partial charge in [0.15, 0.2) is 0 Å². The van der Waals surface area contributed by atoms with Gasteiger partial charge in [-0.1, -0.05) is 19.3 Å². The first-order valence-electron chi connectivity index (χ1n) is 6.48. The van der Waals surface area contributed by atoms with Gasteiger partial charge in [-0.05, 0) is 12.8 Å². The van der Waals surface area contributed by atoms with Crippen LogP contribution in [0.2, 0.25) is 0 Å². The second kappa shape index (κ2) is 5.16. The van der Waals surface area contributed by atoms with Crippen LogP contribution in [-0.4, -0.2) is 48.0 Å². The summed E-state index contributed by atoms with van der Waals surface area (Å²) in [5, 5.41) is 2.76. The number of nitrogens with two attached hydrogens (primary N) is 1. The zero-order valence-electron chi connectivity index (χ0n) is 11.0. The van der Waals surface area contributed by atoms with Crippen molar-refractivity contribution in [1.29, 1.82) is 0 Å². The second-order valence-corrected chi connectivity index (χ2v) is 5.12. The van der Waals surface area contributed by atoms with Gasteiger partial charge in [0.25, 0.3) is 5.91 Å². The first kappa shape index (κ1) is 13.8. The van der Waals surface area contributed by atoms with Gasteiger partial charge in [-0.15, -0.1) is 0 Å². The number of nitrogens with one attached hydrogen (secondary N) is 1. The molecule has 0 bridgehead atoms. The summed E-state index contributed by atoms with van der Waals surface area (Å²) in [4.78, 5) is 36.6. The lowest BCUT2D eigenvalue weighted by Gasteiger charge is -2.30. The zero-order chi connectivity index (χ0) is 14.0. The van der Waals surface area contributed by atoms with E-state index >= 15 is 0 Å². The van der Waals surface area contributed by atoms with Crippen molar-refractivity contribution in [2.24, 2.45) is 5.73 Å². The summed E-state index contributed by atoms with van der Waals surface area (Å²) in [5.74, 6) is -0.901. The number of nitrogens with zero attached hydrogens (tertiary/aromatic N) is 1. The van der Waals surface area contributed by atoms with Gasteiger partial charge in [0.05, 0.1) is 13.7 Å². The Kier molecular flexibility index (Phi) is 3.75. The molecule has 106 valence electrons. The number of esters is 1. The quantitative estimate of drug-likeness (QED) is 0.543. The maximum atomic E-state index is 12.4. The van der Waals surface area contributed by atoms with Gasteiger partial charge in [-0.3, -0.25) is 14.5 Å². The van der Waals surface area contributed by atoms with Crippen LogP contribution in [0.5, 0.6) is 0 Å². The minimum atomic E-state index is -1.00. The van der Waals surface area contributed by atoms with Crippen LogP contribution < -0.4 is 11.1 Å². The summed E-state index contributed by atoms with van der Waals surface area (Å²) in [6.45, 7) is -0.140. The van der Waals surface area contributed by atoms with Crippen LogP contribution in [0.15, 0.2) is 0 Å². The Morgan fingerprint density at radius 1 is 1.42 bits per heavy atom. The molecule has 1 atom stereocenters. The van der Waals surface area contributed by atoms with E-state index in [1.165, 1.54) is 7.11 Å². The minimum absolute atomic E-state index is 0.140. The van der Waals surface area contributed by atoms with Crippen LogP contribution in [0.25, 0.3) is 0 Å². The molecule has 1 saturated heterocycles. The zero-order valence-corrected chi connectivity index (χ0v) is 11.0. The fraction of sp³-hybridized carbons (Fsp3) is 0.750. The molecule has 1 aliphatic carbocycles. The predicted molar refractivity (Wildman–Crippen MR) is 66.1 cm³/mol. The molecule has 0 aromatic rings. The van der Waals surface area contributed by atoms with E-state index in [0.717, 1.165) is 24.2 Å². The van der Waals surface area contributed by atoms with Crippen molar-refractivity contribution < 1.29 is 19.1 Å². The van der Waals surface area contributed by atoms with Crippen molar-refractivity contribution in [2.75, 3.05) is 13.7 Å². The van der Waals surface area contributed by atoms with Crippen molar-refractivity contribution in [3.05, 3.63) is 0 Å². The van der Waals surface area contributed by atoms with Gasteiger partial charge in [0.2, 0.25) is 0 Å². The van der Waals surface area contributed by atoms with Gasteiger partial charge in [0.1, 0.15) is 11.6 Å². The number of carbonyl (C=O) groups excluding carboxylic acids is 3. The fourth-order valence-corrected chi connectivity index (χ4v) is 2.76. The molecule has 1 saturated carbocycles. The van der Waals surface area contributed by atoms with Gasteiger partial charge < -0.3 is 15.8 Å². The van der Waals surface area contributed by atoms with Gasteiger partial charge in [-0.25, -0.2) is 4.79 Å². The van der Waals surface area contributed by atoms with Crippen LogP contribution in [0.3, 0.4) is 0 Å². The number of amides is 3. The topological polar surface area (TPSA) is 102 Å². The lowest BCUT2D eigenvalue weighted by molar-refractivity contribution is -0.143. The van der Waals surface area contributed by atoms with E-state index in [1.807, 2.05) is 0 Å². The van der Waals surface area contributed by atoms with Gasteiger partial charge >= 0.3 is 12.0 Å². The molecule has 1 spiro atoms. The largest absolute Gasteiger partial charge is 0.468 e. The summed E-state index contributed by atoms with van der Waals surface area (Å²) in [6.07, 6.45) is 4.22. The van der Waals surface area contributed by atoms with Gasteiger partial charge in [0, 0.05) is 0 Å². The summed E-state index contributed by atoms with van der Waals surface area (Å²) in [5.41, 5.74) is 4.83. The Labute approximate surface area is 111 Å². The third-order valence-electron chi connectivity index (χ3n) is 3.84. The molecule has 1 unspecified atom stereocenters. The maximum Gasteiger partial charge on any atom is 0.325 e. The van der Waals surface area contributed by atoms with Crippen LogP contribution in [0.4, 0.5) is 4.79 Å². The molecular weight excluding hydrogens is 250 g/mol. The second-order valence-electron chi connectivity index (χ2n) is 5.12. The van der Waals surface area contributed by atoms with Gasteiger partial charge in [-0.2, -0.15) is 0 Å². The fourth-order valence-electron chi connectivity index (χ4n) is 2.76. The Morgan fingerprint density at radius 3 is 2.63 bits per heavy atom. The minimum Gasteiger partial charge on any atom is -0.468 e. The van der Waals surface area contributed by atoms with Crippen LogP contribution >= 0.6 is 0 Å². The first-order chi connectivity index (χ1) is 9.00. The summed E-state index contributed by atoms with van der Waals surface area (Å²) in [7, 11) is 1.22. The molecule has 2 fully saturated rings. The van der Waals surface area contributed by atoms with Crippen molar-refractivity contribution in [2.45, 2.75) is 43.7 Å². The number of methoxy groups -OCH3 is 1. The number of hydrogen-bond donors (Lipinski definition) is 2. The molecule has 0 radical (unpaired) electrons. The molecule has 3 N–H and O–H groups in total. The van der Waals surface area contributed by atoms with Crippen molar-refractivity contribution in [3.8, 4) is 0 Å². The highest BCUT2D eigenvalue weighted by Gasteiger charge is 2.51. The lowest BCUT2D eigenvalue weighted by Crippen LogP contribution is -2.50. The number of hydrogen-bond acceptors (Lipinski definition) is 5. The summed E-state index contributed by atoms with van der Waals surface area (Å²) in [6, 6.07) is -1.47. The number of carbonyl (C=O) groups is 3. The summed E-state index contributed by atoms with van der Waals surface area (Å²) < 4.78 is 4.50. The van der Waals surface area contributed by atoms with E-state index in [4.69, 9.17) is 5.73 Å². The molecule has 2 rings (SSSR count). The van der Waals surface area contributed by atoms with E-state index < -0.39 is 23.6 Å². The lowest BCUT2D eigenvalue weighted by atomic mass is 9.82. The monoisotopic (exact) mass is 269 g/mol. The highest BCUT2D eigenvalue weighted by atomic mass is 16.5. The highest BCUT2D eigenvalue weighted by molar-refractivity contribution is 6.07. The molecular formula is C12H19N3O4. The standard InChI is InChI=1S/C12H19N3O4/c1-19-9(16)8(13)7-15-10(17)12(14-11(15)18)5-3-2-4-6-12/h8H,2-7,13H2,1H3,(H,14,18). The van der Waals surface area contributed by atoms with Crippen molar-refractivity contribution in [1.82, 2.24) is 10.2 Å². The molecule has 7 heteroatoms. The Balaban J connectivity index is 2.08. The molecule has 7 nitrogen and oxygen atoms in total. The highest BCUT2D eigenvalue weighted by Crippen LogP contribution is 2.33. The van der Waals surface area contributed by atoms with E-state index in [9.17, 15) is 14.4 Å². The predicted octanol–water partition coefficient (Wildman–Crippen LogP) is -0.259. The Morgan fingerprint density at radius 2 is 2.05 bits per heavy atom. The molecule has 1 heterocycles. The Bertz CT molecular complexity index is 404. The third-order valence-corrected chi connectivity index (χ3v) is 3.84. The van der Waals surface area contributed by atoms with Crippen molar-refractivity contribution >= 4 is 17.9 Å². The van der Waals surface area contributed by atoms with E-state index in [-0.39, 0.29) is 12.5 Å². The number of imide groups is 1. The van der Waals surface area contributed by atoms with Crippen LogP contribution in [-0.2, 0) is 14.3 Å². The maximum absolute atomic E-state index is 12.4. The Hall–Kier alpha value is -1.63. The summed E-state index contributed by atoms with van der Waals surface area (Å²) >= 11 is 0. The normalized spacial score (nSPS) is 23.4. The molecule has 2 aliphatic rings. The van der Waals surface area contributed by atoms with E-state index in [1.54, 1.807) is 0 Å². The van der Waals surface area contributed by atoms with Crippen molar-refractivity contribution in [3.63, 3.8) is 0 Å². The third kappa shape index (κ3) is 2.42. The number of rotatable bonds is 3. The molecule has 3 amide bonds. The average Bonchev–Trinajstić information content (AvgIpc) is 2.63.